The van der Waals surface area contributed by atoms with Crippen LogP contribution in [-0.2, 0) is 0 Å². The zero-order valence-corrected chi connectivity index (χ0v) is 64.4. The minimum atomic E-state index is -0.592. The SMILES string of the molecule is C=C1[C@H](O)CC(=C/C=C2\CCC[C@]3(C)[C@@H](CC)CC[C@@H]23)C[C@H]1O.C=C1[C@H](O)CC(=C/C=C2\CCC[C@]3(C)[C@@H]([C@@H](C)CCC)CC[C@@H]23)C[C@H]1O.CC1[C@H](O)CC(=C/C=C2\CCC[C@]3(C)[C@@H](C(C)C)CC[C@@H]23)C[C@H]1O.CC[C@H](C)[C@H]1CC[C@H]2/C(=C/C=C3C[C@@H](O)C(C)[C@H](O)C3)CCC[C@]12C. The lowest BCUT2D eigenvalue weighted by Gasteiger charge is -2.44. The van der Waals surface area contributed by atoms with Gasteiger partial charge in [-0.15, -0.1) is 0 Å². The fraction of sp³-hybridized carbons (Fsp3) is 0.778. The predicted octanol–water partition coefficient (Wildman–Crippen LogP) is 20.2. The third-order valence-corrected chi connectivity index (χ3v) is 30.3. The lowest BCUT2D eigenvalue weighted by atomic mass is 9.61. The molecule has 12 aliphatic rings. The topological polar surface area (TPSA) is 162 Å². The molecule has 0 aromatic rings. The molecule has 98 heavy (non-hydrogen) atoms. The molecule has 12 rings (SSSR count). The Morgan fingerprint density at radius 3 is 1.01 bits per heavy atom. The first kappa shape index (κ1) is 79.2. The Bertz CT molecular complexity index is 2890. The van der Waals surface area contributed by atoms with E-state index in [1.54, 1.807) is 22.3 Å². The van der Waals surface area contributed by atoms with Crippen molar-refractivity contribution >= 4 is 0 Å². The number of rotatable bonds is 11. The zero-order chi connectivity index (χ0) is 71.2. The third kappa shape index (κ3) is 17.5. The molecule has 0 bridgehead atoms. The van der Waals surface area contributed by atoms with E-state index in [4.69, 9.17) is 0 Å². The Labute approximate surface area is 598 Å². The van der Waals surface area contributed by atoms with Gasteiger partial charge < -0.3 is 40.9 Å². The van der Waals surface area contributed by atoms with Gasteiger partial charge in [0.2, 0.25) is 0 Å². The average Bonchev–Trinajstić information content (AvgIpc) is 1.64. The fourth-order valence-corrected chi connectivity index (χ4v) is 23.8. The van der Waals surface area contributed by atoms with Crippen molar-refractivity contribution in [1.82, 2.24) is 0 Å². The van der Waals surface area contributed by atoms with Gasteiger partial charge in [-0.05, 0) is 278 Å². The van der Waals surface area contributed by atoms with Crippen molar-refractivity contribution in [3.8, 4) is 0 Å². The van der Waals surface area contributed by atoms with Crippen LogP contribution in [0.4, 0.5) is 0 Å². The van der Waals surface area contributed by atoms with Crippen LogP contribution in [0.3, 0.4) is 0 Å². The van der Waals surface area contributed by atoms with Crippen LogP contribution in [0.2, 0.25) is 0 Å². The summed E-state index contributed by atoms with van der Waals surface area (Å²) in [5.74, 6) is 8.87. The number of hydrogen-bond acceptors (Lipinski definition) is 8. The Hall–Kier alpha value is -2.92. The van der Waals surface area contributed by atoms with E-state index in [-0.39, 0.29) is 11.8 Å². The van der Waals surface area contributed by atoms with Gasteiger partial charge in [-0.1, -0.05) is 222 Å². The van der Waals surface area contributed by atoms with Crippen molar-refractivity contribution in [3.63, 3.8) is 0 Å². The number of allylic oxidation sites excluding steroid dienone is 12. The van der Waals surface area contributed by atoms with E-state index in [2.05, 4.69) is 138 Å². The maximum atomic E-state index is 10.1. The fourth-order valence-electron chi connectivity index (χ4n) is 23.8. The van der Waals surface area contributed by atoms with Gasteiger partial charge in [0, 0.05) is 11.8 Å². The van der Waals surface area contributed by atoms with Gasteiger partial charge in [-0.3, -0.25) is 0 Å². The molecule has 0 spiro atoms. The highest BCUT2D eigenvalue weighted by atomic mass is 16.3. The van der Waals surface area contributed by atoms with Crippen LogP contribution < -0.4 is 0 Å². The second-order valence-electron chi connectivity index (χ2n) is 36.4. The molecule has 22 atom stereocenters. The van der Waals surface area contributed by atoms with E-state index in [0.717, 1.165) is 102 Å². The molecule has 12 aliphatic carbocycles. The van der Waals surface area contributed by atoms with E-state index in [0.29, 0.717) is 58.5 Å². The molecule has 8 heteroatoms. The molecule has 0 unspecified atom stereocenters. The summed E-state index contributed by atoms with van der Waals surface area (Å²) < 4.78 is 0. The maximum Gasteiger partial charge on any atom is 0.0809 e. The molecule has 552 valence electrons. The molecule has 0 heterocycles. The predicted molar refractivity (Wildman–Crippen MR) is 408 cm³/mol. The van der Waals surface area contributed by atoms with Crippen LogP contribution in [0.1, 0.15) is 295 Å². The number of hydrogen-bond donors (Lipinski definition) is 8. The summed E-state index contributed by atoms with van der Waals surface area (Å²) in [4.78, 5) is 0. The van der Waals surface area contributed by atoms with Crippen LogP contribution in [0.15, 0.2) is 117 Å². The average molecular weight is 1350 g/mol. The van der Waals surface area contributed by atoms with Crippen LogP contribution >= 0.6 is 0 Å². The van der Waals surface area contributed by atoms with Gasteiger partial charge in [0.05, 0.1) is 48.8 Å². The largest absolute Gasteiger partial charge is 0.392 e. The smallest absolute Gasteiger partial charge is 0.0809 e. The standard InChI is InChI=1S/C24H38O2.C23H38O2.C22H36O2.C21H32O2/c1-5-7-16(2)20-11-12-21-19(8-6-13-24(20,21)4)10-9-18-14-22(25)17(3)23(26)15-18;1-5-15(2)19-10-11-20-18(7-6-12-23(19,20)4)9-8-17-13-21(24)16(3)22(25)14-17;1-14(2)18-9-10-19-17(6-5-11-22(18,19)4)8-7-16-12-20(23)15(3)21(24)13-16;1-4-17-9-10-18-16(6-5-11-21(17,18)3)8-7-15-12-19(22)14(2)20(23)13-15/h9-10,16,20-23,25-26H,3,5-8,11-15H2,1-2,4H3;8-9,15-16,19-22,24-25H,5-7,10-14H2,1-4H3;7-8,14-15,18-21,23-24H,5-6,9-13H2,1-4H3;7-8,17-20,22-23H,2,4-6,9-13H2,1,3H3/b19-10+;17-8?,18-9+;16-7?,17-8+;16-8+/t16-,20+,21-,22+,23+,24+;15-,16?,19+,20-,21+,22+,23+;15?,18-,19+,20-,21-,22-;17-,18-,19+,20+,21+/m0010/s1. The summed E-state index contributed by atoms with van der Waals surface area (Å²) in [6, 6.07) is 0. The molecule has 8 nitrogen and oxygen atoms in total. The highest BCUT2D eigenvalue weighted by molar-refractivity contribution is 5.33. The minimum Gasteiger partial charge on any atom is -0.392 e. The van der Waals surface area contributed by atoms with Crippen molar-refractivity contribution in [2.24, 2.45) is 98.6 Å². The summed E-state index contributed by atoms with van der Waals surface area (Å²) in [6.45, 7) is 38.3. The lowest BCUT2D eigenvalue weighted by Crippen LogP contribution is -2.36. The summed E-state index contributed by atoms with van der Waals surface area (Å²) in [5.41, 5.74) is 14.3. The Kier molecular flexibility index (Phi) is 27.7. The molecule has 0 aromatic heterocycles. The van der Waals surface area contributed by atoms with Crippen molar-refractivity contribution in [3.05, 3.63) is 117 Å². The van der Waals surface area contributed by atoms with E-state index in [1.807, 2.05) is 13.8 Å². The van der Waals surface area contributed by atoms with Gasteiger partial charge in [0.25, 0.3) is 0 Å². The molecule has 0 aromatic carbocycles. The van der Waals surface area contributed by atoms with Crippen LogP contribution in [0, 0.1) is 98.6 Å². The van der Waals surface area contributed by atoms with Crippen molar-refractivity contribution in [2.45, 2.75) is 344 Å². The Morgan fingerprint density at radius 2 is 0.684 bits per heavy atom. The first-order valence-electron chi connectivity index (χ1n) is 40.9. The van der Waals surface area contributed by atoms with Gasteiger partial charge in [0.1, 0.15) is 0 Å². The molecule has 0 saturated heterocycles. The van der Waals surface area contributed by atoms with Gasteiger partial charge in [0.15, 0.2) is 0 Å². The van der Waals surface area contributed by atoms with E-state index < -0.39 is 48.8 Å². The molecular weight excluding hydrogens is 1210 g/mol. The van der Waals surface area contributed by atoms with Crippen molar-refractivity contribution in [2.75, 3.05) is 0 Å². The highest BCUT2D eigenvalue weighted by Gasteiger charge is 2.54. The van der Waals surface area contributed by atoms with Gasteiger partial charge >= 0.3 is 0 Å². The summed E-state index contributed by atoms with van der Waals surface area (Å²) >= 11 is 0. The maximum absolute atomic E-state index is 10.1. The molecule has 0 amide bonds. The monoisotopic (exact) mass is 1350 g/mol. The first-order valence-corrected chi connectivity index (χ1v) is 40.9. The van der Waals surface area contributed by atoms with Crippen molar-refractivity contribution < 1.29 is 40.9 Å². The normalized spacial score (nSPS) is 43.2. The van der Waals surface area contributed by atoms with Crippen molar-refractivity contribution in [1.29, 1.82) is 0 Å². The van der Waals surface area contributed by atoms with E-state index in [9.17, 15) is 40.9 Å². The molecule has 12 fully saturated rings. The number of aliphatic hydroxyl groups is 8. The Balaban J connectivity index is 0.000000153. The summed E-state index contributed by atoms with van der Waals surface area (Å²) in [6.07, 6.45) is 51.5. The molecular formula is C90H144O8. The zero-order valence-electron chi connectivity index (χ0n) is 64.4. The van der Waals surface area contributed by atoms with Gasteiger partial charge in [-0.2, -0.15) is 0 Å². The first-order chi connectivity index (χ1) is 46.5. The lowest BCUT2D eigenvalue weighted by molar-refractivity contribution is 0.00358. The quantitative estimate of drug-likeness (QED) is 0.0949. The van der Waals surface area contributed by atoms with Crippen LogP contribution in [0.5, 0.6) is 0 Å². The number of fused-ring (bicyclic) bond motifs is 4. The minimum absolute atomic E-state index is 0.00518. The Morgan fingerprint density at radius 1 is 0.388 bits per heavy atom. The number of aliphatic hydroxyl groups excluding tert-OH is 8. The molecule has 8 N–H and O–H groups in total. The molecule has 0 aliphatic heterocycles. The highest BCUT2D eigenvalue weighted by Crippen LogP contribution is 2.63. The second-order valence-corrected chi connectivity index (χ2v) is 36.4. The van der Waals surface area contributed by atoms with Crippen LogP contribution in [-0.4, -0.2) is 89.7 Å². The van der Waals surface area contributed by atoms with E-state index >= 15 is 0 Å². The van der Waals surface area contributed by atoms with Crippen LogP contribution in [0.25, 0.3) is 0 Å². The second kappa shape index (κ2) is 34.3. The summed E-state index contributed by atoms with van der Waals surface area (Å²) in [7, 11) is 0. The summed E-state index contributed by atoms with van der Waals surface area (Å²) in [5, 5.41) is 80.7. The third-order valence-electron chi connectivity index (χ3n) is 30.3. The molecule has 12 saturated carbocycles. The van der Waals surface area contributed by atoms with E-state index in [1.165, 1.54) is 165 Å². The molecule has 0 radical (unpaired) electrons. The van der Waals surface area contributed by atoms with Gasteiger partial charge in [-0.25, -0.2) is 0 Å².